The zero-order valence-corrected chi connectivity index (χ0v) is 16.5. The number of rotatable bonds is 5. The Morgan fingerprint density at radius 1 is 1.14 bits per heavy atom. The van der Waals surface area contributed by atoms with Gasteiger partial charge in [0.1, 0.15) is 5.75 Å². The second-order valence-corrected chi connectivity index (χ2v) is 7.10. The van der Waals surface area contributed by atoms with E-state index in [9.17, 15) is 4.79 Å². The molecule has 6 nitrogen and oxygen atoms in total. The van der Waals surface area contributed by atoms with Gasteiger partial charge in [-0.3, -0.25) is 9.69 Å². The number of ether oxygens (including phenoxy) is 3. The number of aliphatic imine (C=N–C) groups is 1. The van der Waals surface area contributed by atoms with E-state index in [0.29, 0.717) is 29.0 Å². The Morgan fingerprint density at radius 3 is 2.68 bits per heavy atom. The van der Waals surface area contributed by atoms with Gasteiger partial charge in [0.2, 0.25) is 6.79 Å². The van der Waals surface area contributed by atoms with Gasteiger partial charge in [-0.05, 0) is 73.6 Å². The maximum atomic E-state index is 12.8. The fraction of sp³-hybridized carbons (Fsp3) is 0.238. The summed E-state index contributed by atoms with van der Waals surface area (Å²) in [5.41, 5.74) is 1.67. The number of hydrogen-bond donors (Lipinski definition) is 0. The fourth-order valence-corrected chi connectivity index (χ4v) is 3.98. The minimum Gasteiger partial charge on any atom is -0.494 e. The minimum absolute atomic E-state index is 0.0464. The summed E-state index contributed by atoms with van der Waals surface area (Å²) < 4.78 is 16.2. The third-order valence-electron chi connectivity index (χ3n) is 4.27. The first-order valence-corrected chi connectivity index (χ1v) is 9.92. The molecule has 0 bridgehead atoms. The summed E-state index contributed by atoms with van der Waals surface area (Å²) in [6, 6.07) is 13.2. The van der Waals surface area contributed by atoms with Gasteiger partial charge in [-0.15, -0.1) is 0 Å². The van der Waals surface area contributed by atoms with E-state index < -0.39 is 0 Å². The number of nitrogens with zero attached hydrogens (tertiary/aromatic N) is 2. The molecule has 0 aromatic heterocycles. The molecule has 144 valence electrons. The fourth-order valence-electron chi connectivity index (χ4n) is 2.92. The molecular formula is C21H20N2O4S. The van der Waals surface area contributed by atoms with Crippen LogP contribution in [0.5, 0.6) is 17.2 Å². The van der Waals surface area contributed by atoms with Gasteiger partial charge in [0, 0.05) is 6.54 Å². The highest BCUT2D eigenvalue weighted by Crippen LogP contribution is 2.37. The zero-order valence-electron chi connectivity index (χ0n) is 15.7. The predicted octanol–water partition coefficient (Wildman–Crippen LogP) is 4.44. The van der Waals surface area contributed by atoms with Crippen molar-refractivity contribution in [1.29, 1.82) is 0 Å². The molecule has 2 heterocycles. The Kier molecular flexibility index (Phi) is 5.25. The van der Waals surface area contributed by atoms with Crippen molar-refractivity contribution in [2.75, 3.05) is 19.9 Å². The smallest absolute Gasteiger partial charge is 0.266 e. The van der Waals surface area contributed by atoms with Crippen molar-refractivity contribution in [3.63, 3.8) is 0 Å². The number of fused-ring (bicyclic) bond motifs is 1. The van der Waals surface area contributed by atoms with Crippen LogP contribution in [0.3, 0.4) is 0 Å². The molecular weight excluding hydrogens is 376 g/mol. The number of amidine groups is 1. The van der Waals surface area contributed by atoms with Crippen molar-refractivity contribution in [3.05, 3.63) is 52.9 Å². The zero-order chi connectivity index (χ0) is 19.5. The standard InChI is InChI=1S/C21H20N2O4S/c1-3-23-20(24)19(12-14-5-10-17-18(11-14)27-13-26-17)28-21(23)22-15-6-8-16(9-7-15)25-4-2/h5-12H,3-4,13H2,1-2H3/b19-12+,22-21?. The van der Waals surface area contributed by atoms with Gasteiger partial charge in [-0.25, -0.2) is 4.99 Å². The highest BCUT2D eigenvalue weighted by atomic mass is 32.2. The molecule has 0 radical (unpaired) electrons. The summed E-state index contributed by atoms with van der Waals surface area (Å²) in [5.74, 6) is 2.17. The summed E-state index contributed by atoms with van der Waals surface area (Å²) in [4.78, 5) is 19.8. The van der Waals surface area contributed by atoms with E-state index in [2.05, 4.69) is 4.99 Å². The number of carbonyl (C=O) groups excluding carboxylic acids is 1. The highest BCUT2D eigenvalue weighted by molar-refractivity contribution is 8.18. The number of benzene rings is 2. The van der Waals surface area contributed by atoms with Crippen molar-refractivity contribution in [2.24, 2.45) is 4.99 Å². The van der Waals surface area contributed by atoms with Crippen LogP contribution in [-0.4, -0.2) is 35.9 Å². The Balaban J connectivity index is 1.59. The SMILES string of the molecule is CCOc1ccc(N=C2S/C(=C/c3ccc4c(c3)OCO4)C(=O)N2CC)cc1. The predicted molar refractivity (Wildman–Crippen MR) is 110 cm³/mol. The lowest BCUT2D eigenvalue weighted by Gasteiger charge is -2.12. The Labute approximate surface area is 167 Å². The van der Waals surface area contributed by atoms with Gasteiger partial charge in [0.05, 0.1) is 17.2 Å². The van der Waals surface area contributed by atoms with E-state index in [4.69, 9.17) is 14.2 Å². The second kappa shape index (κ2) is 7.98. The number of likely N-dealkylation sites (N-methyl/N-ethyl adjacent to an activating group) is 1. The van der Waals surface area contributed by atoms with E-state index in [-0.39, 0.29) is 12.7 Å². The Hall–Kier alpha value is -2.93. The molecule has 2 aliphatic rings. The molecule has 2 aromatic carbocycles. The lowest BCUT2D eigenvalue weighted by atomic mass is 10.2. The van der Waals surface area contributed by atoms with Crippen LogP contribution in [0.4, 0.5) is 5.69 Å². The van der Waals surface area contributed by atoms with Crippen LogP contribution in [0.2, 0.25) is 0 Å². The molecule has 0 saturated carbocycles. The second-order valence-electron chi connectivity index (χ2n) is 6.09. The Morgan fingerprint density at radius 2 is 1.93 bits per heavy atom. The van der Waals surface area contributed by atoms with Crippen LogP contribution in [0.1, 0.15) is 19.4 Å². The van der Waals surface area contributed by atoms with Crippen molar-refractivity contribution in [3.8, 4) is 17.2 Å². The van der Waals surface area contributed by atoms with E-state index in [0.717, 1.165) is 22.7 Å². The molecule has 28 heavy (non-hydrogen) atoms. The average molecular weight is 396 g/mol. The van der Waals surface area contributed by atoms with Gasteiger partial charge in [-0.2, -0.15) is 0 Å². The topological polar surface area (TPSA) is 60.4 Å². The number of thioether (sulfide) groups is 1. The molecule has 0 atom stereocenters. The van der Waals surface area contributed by atoms with Gasteiger partial charge in [0.15, 0.2) is 16.7 Å². The van der Waals surface area contributed by atoms with Crippen LogP contribution in [0.15, 0.2) is 52.4 Å². The van der Waals surface area contributed by atoms with Crippen molar-refractivity contribution >= 4 is 34.6 Å². The van der Waals surface area contributed by atoms with E-state index >= 15 is 0 Å². The molecule has 0 spiro atoms. The minimum atomic E-state index is -0.0464. The van der Waals surface area contributed by atoms with E-state index in [1.54, 1.807) is 4.90 Å². The molecule has 0 N–H and O–H groups in total. The number of amides is 1. The summed E-state index contributed by atoms with van der Waals surface area (Å²) >= 11 is 1.37. The molecule has 1 amide bonds. The van der Waals surface area contributed by atoms with Crippen LogP contribution in [0, 0.1) is 0 Å². The monoisotopic (exact) mass is 396 g/mol. The van der Waals surface area contributed by atoms with E-state index in [1.807, 2.05) is 62.4 Å². The lowest BCUT2D eigenvalue weighted by molar-refractivity contribution is -0.122. The van der Waals surface area contributed by atoms with Gasteiger partial charge >= 0.3 is 0 Å². The van der Waals surface area contributed by atoms with Crippen molar-refractivity contribution < 1.29 is 19.0 Å². The number of hydrogen-bond acceptors (Lipinski definition) is 6. The largest absolute Gasteiger partial charge is 0.494 e. The molecule has 2 aromatic rings. The van der Waals surface area contributed by atoms with Crippen molar-refractivity contribution in [2.45, 2.75) is 13.8 Å². The lowest BCUT2D eigenvalue weighted by Crippen LogP contribution is -2.28. The van der Waals surface area contributed by atoms with Crippen molar-refractivity contribution in [1.82, 2.24) is 4.90 Å². The molecule has 2 aliphatic heterocycles. The van der Waals surface area contributed by atoms with Crippen LogP contribution < -0.4 is 14.2 Å². The van der Waals surface area contributed by atoms with Gasteiger partial charge < -0.3 is 14.2 Å². The third-order valence-corrected chi connectivity index (χ3v) is 5.28. The van der Waals surface area contributed by atoms with Crippen LogP contribution >= 0.6 is 11.8 Å². The maximum Gasteiger partial charge on any atom is 0.266 e. The number of carbonyl (C=O) groups is 1. The van der Waals surface area contributed by atoms with Crippen LogP contribution in [-0.2, 0) is 4.79 Å². The van der Waals surface area contributed by atoms with Gasteiger partial charge in [-0.1, -0.05) is 6.07 Å². The molecule has 1 saturated heterocycles. The molecule has 7 heteroatoms. The highest BCUT2D eigenvalue weighted by Gasteiger charge is 2.32. The molecule has 0 unspecified atom stereocenters. The first-order valence-electron chi connectivity index (χ1n) is 9.10. The quantitative estimate of drug-likeness (QED) is 0.700. The average Bonchev–Trinajstić information content (AvgIpc) is 3.28. The van der Waals surface area contributed by atoms with Crippen LogP contribution in [0.25, 0.3) is 6.08 Å². The first-order chi connectivity index (χ1) is 13.7. The summed E-state index contributed by atoms with van der Waals surface area (Å²) in [6.07, 6.45) is 1.86. The Bertz CT molecular complexity index is 953. The molecule has 0 aliphatic carbocycles. The normalized spacial score (nSPS) is 18.4. The molecule has 4 rings (SSSR count). The summed E-state index contributed by atoms with van der Waals surface area (Å²) in [5, 5.41) is 0.670. The summed E-state index contributed by atoms with van der Waals surface area (Å²) in [6.45, 7) is 5.29. The van der Waals surface area contributed by atoms with Gasteiger partial charge in [0.25, 0.3) is 5.91 Å². The molecule has 1 fully saturated rings. The summed E-state index contributed by atoms with van der Waals surface area (Å²) in [7, 11) is 0. The third kappa shape index (κ3) is 3.71. The first kappa shape index (κ1) is 18.4. The van der Waals surface area contributed by atoms with E-state index in [1.165, 1.54) is 11.8 Å². The maximum absolute atomic E-state index is 12.8.